The number of nitrogens with zero attached hydrogens (tertiary/aromatic N) is 3. The minimum Gasteiger partial charge on any atom is -0.338 e. The first kappa shape index (κ1) is 22.9. The van der Waals surface area contributed by atoms with Crippen LogP contribution in [0.2, 0.25) is 0 Å². The summed E-state index contributed by atoms with van der Waals surface area (Å²) in [6.07, 6.45) is 2.25. The first-order valence-corrected chi connectivity index (χ1v) is 11.4. The molecule has 2 aliphatic heterocycles. The number of nitrogens with one attached hydrogen (secondary N) is 1. The van der Waals surface area contributed by atoms with Crippen molar-refractivity contribution in [3.63, 3.8) is 0 Å². The van der Waals surface area contributed by atoms with Gasteiger partial charge >= 0.3 is 0 Å². The number of halogens is 1. The Morgan fingerprint density at radius 1 is 0.909 bits per heavy atom. The van der Waals surface area contributed by atoms with E-state index in [0.717, 1.165) is 18.4 Å². The van der Waals surface area contributed by atoms with Gasteiger partial charge in [-0.15, -0.1) is 0 Å². The predicted molar refractivity (Wildman–Crippen MR) is 123 cm³/mol. The first-order valence-electron chi connectivity index (χ1n) is 11.4. The fourth-order valence-corrected chi connectivity index (χ4v) is 4.43. The van der Waals surface area contributed by atoms with Gasteiger partial charge in [-0.25, -0.2) is 4.39 Å². The van der Waals surface area contributed by atoms with Gasteiger partial charge in [0.15, 0.2) is 0 Å². The van der Waals surface area contributed by atoms with E-state index < -0.39 is 6.04 Å². The minimum atomic E-state index is -0.604. The average Bonchev–Trinajstić information content (AvgIpc) is 2.83. The largest absolute Gasteiger partial charge is 0.338 e. The molecule has 1 unspecified atom stereocenters. The number of rotatable bonds is 6. The van der Waals surface area contributed by atoms with Crippen LogP contribution in [0.4, 0.5) is 10.1 Å². The number of piperazine rings is 1. The number of amides is 3. The van der Waals surface area contributed by atoms with Crippen molar-refractivity contribution < 1.29 is 18.8 Å². The van der Waals surface area contributed by atoms with E-state index >= 15 is 0 Å². The van der Waals surface area contributed by atoms with E-state index in [1.807, 2.05) is 35.2 Å². The maximum atomic E-state index is 13.5. The van der Waals surface area contributed by atoms with Gasteiger partial charge in [0.25, 0.3) is 0 Å². The Bertz CT molecular complexity index is 975. The number of carbonyl (C=O) groups excluding carboxylic acids is 3. The van der Waals surface area contributed by atoms with Gasteiger partial charge in [0.1, 0.15) is 11.9 Å². The van der Waals surface area contributed by atoms with E-state index in [0.29, 0.717) is 44.8 Å². The molecule has 2 aromatic rings. The maximum Gasteiger partial charge on any atom is 0.250 e. The lowest BCUT2D eigenvalue weighted by molar-refractivity contribution is -0.149. The topological polar surface area (TPSA) is 73.0 Å². The van der Waals surface area contributed by atoms with Crippen molar-refractivity contribution in [1.29, 1.82) is 0 Å². The third-order valence-corrected chi connectivity index (χ3v) is 6.20. The highest BCUT2D eigenvalue weighted by Gasteiger charge is 2.36. The molecule has 0 radical (unpaired) electrons. The Morgan fingerprint density at radius 3 is 2.27 bits per heavy atom. The van der Waals surface area contributed by atoms with Crippen molar-refractivity contribution in [2.24, 2.45) is 0 Å². The van der Waals surface area contributed by atoms with Crippen molar-refractivity contribution >= 4 is 23.4 Å². The van der Waals surface area contributed by atoms with Crippen molar-refractivity contribution in [3.8, 4) is 0 Å². The molecule has 0 bridgehead atoms. The van der Waals surface area contributed by atoms with Gasteiger partial charge in [0.2, 0.25) is 17.7 Å². The Labute approximate surface area is 193 Å². The van der Waals surface area contributed by atoms with Crippen LogP contribution in [0, 0.1) is 5.82 Å². The van der Waals surface area contributed by atoms with Crippen LogP contribution in [0.25, 0.3) is 0 Å². The number of carbonyl (C=O) groups is 3. The maximum absolute atomic E-state index is 13.5. The predicted octanol–water partition coefficient (Wildman–Crippen LogP) is 2.66. The number of anilines is 1. The summed E-state index contributed by atoms with van der Waals surface area (Å²) in [6, 6.07) is 14.5. The second-order valence-corrected chi connectivity index (χ2v) is 8.51. The Kier molecular flexibility index (Phi) is 7.34. The molecule has 4 rings (SSSR count). The van der Waals surface area contributed by atoms with Crippen molar-refractivity contribution in [3.05, 3.63) is 66.0 Å². The molecule has 33 heavy (non-hydrogen) atoms. The molecule has 7 nitrogen and oxygen atoms in total. The smallest absolute Gasteiger partial charge is 0.250 e. The quantitative estimate of drug-likeness (QED) is 0.732. The fraction of sp³-hybridized carbons (Fsp3) is 0.400. The van der Waals surface area contributed by atoms with E-state index in [9.17, 15) is 18.8 Å². The Balaban J connectivity index is 1.36. The van der Waals surface area contributed by atoms with Gasteiger partial charge in [0, 0.05) is 44.8 Å². The SMILES string of the molecule is O=C(CN1CCN(C(=O)C(c2ccccc2)N2CCCCC2=O)CC1)Nc1ccc(F)cc1. The van der Waals surface area contributed by atoms with Crippen LogP contribution in [-0.2, 0) is 14.4 Å². The molecule has 2 aromatic carbocycles. The molecule has 3 amide bonds. The van der Waals surface area contributed by atoms with E-state index in [-0.39, 0.29) is 30.1 Å². The molecule has 2 fully saturated rings. The van der Waals surface area contributed by atoms with Crippen LogP contribution in [0.15, 0.2) is 54.6 Å². The second-order valence-electron chi connectivity index (χ2n) is 8.51. The van der Waals surface area contributed by atoms with Gasteiger partial charge in [-0.3, -0.25) is 19.3 Å². The number of piperidine rings is 1. The summed E-state index contributed by atoms with van der Waals surface area (Å²) >= 11 is 0. The van der Waals surface area contributed by atoms with E-state index in [2.05, 4.69) is 5.32 Å². The lowest BCUT2D eigenvalue weighted by Crippen LogP contribution is -2.54. The molecule has 1 atom stereocenters. The number of benzene rings is 2. The van der Waals surface area contributed by atoms with E-state index in [1.165, 1.54) is 24.3 Å². The van der Waals surface area contributed by atoms with Crippen LogP contribution in [0.1, 0.15) is 30.9 Å². The Hall–Kier alpha value is -3.26. The molecular weight excluding hydrogens is 423 g/mol. The van der Waals surface area contributed by atoms with E-state index in [4.69, 9.17) is 0 Å². The lowest BCUT2D eigenvalue weighted by Gasteiger charge is -2.40. The molecule has 2 aliphatic rings. The van der Waals surface area contributed by atoms with Gasteiger partial charge in [-0.05, 0) is 42.7 Å². The summed E-state index contributed by atoms with van der Waals surface area (Å²) in [5, 5.41) is 2.77. The van der Waals surface area contributed by atoms with Gasteiger partial charge in [-0.1, -0.05) is 30.3 Å². The first-order chi connectivity index (χ1) is 16.0. The van der Waals surface area contributed by atoms with Crippen LogP contribution in [0.3, 0.4) is 0 Å². The molecular formula is C25H29FN4O3. The highest BCUT2D eigenvalue weighted by molar-refractivity contribution is 5.92. The van der Waals surface area contributed by atoms with Crippen LogP contribution >= 0.6 is 0 Å². The third kappa shape index (κ3) is 5.76. The molecule has 1 N–H and O–H groups in total. The summed E-state index contributed by atoms with van der Waals surface area (Å²) in [5.74, 6) is -0.567. The molecule has 0 saturated carbocycles. The van der Waals surface area contributed by atoms with Gasteiger partial charge in [0.05, 0.1) is 6.54 Å². The number of hydrogen-bond donors (Lipinski definition) is 1. The van der Waals surface area contributed by atoms with Gasteiger partial charge in [-0.2, -0.15) is 0 Å². The Morgan fingerprint density at radius 2 is 1.61 bits per heavy atom. The summed E-state index contributed by atoms with van der Waals surface area (Å²) in [7, 11) is 0. The molecule has 2 saturated heterocycles. The normalized spacial score (nSPS) is 18.2. The van der Waals surface area contributed by atoms with Crippen LogP contribution in [0.5, 0.6) is 0 Å². The van der Waals surface area contributed by atoms with Gasteiger partial charge < -0.3 is 15.1 Å². The highest BCUT2D eigenvalue weighted by atomic mass is 19.1. The molecule has 0 aromatic heterocycles. The minimum absolute atomic E-state index is 0.0274. The van der Waals surface area contributed by atoms with Crippen molar-refractivity contribution in [2.45, 2.75) is 25.3 Å². The summed E-state index contributed by atoms with van der Waals surface area (Å²) in [6.45, 7) is 2.91. The third-order valence-electron chi connectivity index (χ3n) is 6.20. The number of hydrogen-bond acceptors (Lipinski definition) is 4. The molecule has 8 heteroatoms. The average molecular weight is 453 g/mol. The number of likely N-dealkylation sites (tertiary alicyclic amines) is 1. The lowest BCUT2D eigenvalue weighted by atomic mass is 9.99. The van der Waals surface area contributed by atoms with Crippen LogP contribution < -0.4 is 5.32 Å². The highest BCUT2D eigenvalue weighted by Crippen LogP contribution is 2.28. The summed E-state index contributed by atoms with van der Waals surface area (Å²) in [5.41, 5.74) is 1.38. The monoisotopic (exact) mass is 452 g/mol. The molecule has 0 aliphatic carbocycles. The standard InChI is InChI=1S/C25H29FN4O3/c26-20-9-11-21(12-10-20)27-22(31)18-28-14-16-29(17-15-28)25(33)24(19-6-2-1-3-7-19)30-13-5-4-8-23(30)32/h1-3,6-7,9-12,24H,4-5,8,13-18H2,(H,27,31). The molecule has 174 valence electrons. The van der Waals surface area contributed by atoms with E-state index in [1.54, 1.807) is 9.80 Å². The van der Waals surface area contributed by atoms with Crippen molar-refractivity contribution in [2.75, 3.05) is 44.6 Å². The zero-order valence-electron chi connectivity index (χ0n) is 18.6. The summed E-state index contributed by atoms with van der Waals surface area (Å²) in [4.78, 5) is 44.0. The second kappa shape index (κ2) is 10.6. The zero-order valence-corrected chi connectivity index (χ0v) is 18.6. The molecule has 0 spiro atoms. The summed E-state index contributed by atoms with van der Waals surface area (Å²) < 4.78 is 13.0. The molecule has 2 heterocycles. The van der Waals surface area contributed by atoms with Crippen LogP contribution in [-0.4, -0.2) is 71.7 Å². The van der Waals surface area contributed by atoms with Crippen molar-refractivity contribution in [1.82, 2.24) is 14.7 Å². The zero-order chi connectivity index (χ0) is 23.2. The fourth-order valence-electron chi connectivity index (χ4n) is 4.43.